The molecule has 0 spiro atoms. The van der Waals surface area contributed by atoms with Gasteiger partial charge in [-0.25, -0.2) is 17.2 Å². The lowest BCUT2D eigenvalue weighted by Crippen LogP contribution is -2.45. The molecule has 2 aromatic rings. The quantitative estimate of drug-likeness (QED) is 0.614. The molecule has 168 valence electrons. The van der Waals surface area contributed by atoms with E-state index >= 15 is 0 Å². The molecule has 0 radical (unpaired) electrons. The first kappa shape index (κ1) is 23.2. The van der Waals surface area contributed by atoms with E-state index in [0.29, 0.717) is 38.6 Å². The molecule has 1 aromatic heterocycles. The van der Waals surface area contributed by atoms with Crippen LogP contribution in [0.2, 0.25) is 0 Å². The summed E-state index contributed by atoms with van der Waals surface area (Å²) in [6.45, 7) is 1.19. The Balaban J connectivity index is 1.68. The molecule has 0 aliphatic carbocycles. The molecule has 10 heteroatoms. The highest BCUT2D eigenvalue weighted by molar-refractivity contribution is 7.89. The average Bonchev–Trinajstić information content (AvgIpc) is 2.78. The highest BCUT2D eigenvalue weighted by Gasteiger charge is 2.35. The minimum Gasteiger partial charge on any atom is -0.383 e. The zero-order valence-corrected chi connectivity index (χ0v) is 18.0. The summed E-state index contributed by atoms with van der Waals surface area (Å²) in [7, 11) is -2.63. The normalized spacial score (nSPS) is 15.7. The molecule has 0 N–H and O–H groups in total. The van der Waals surface area contributed by atoms with Gasteiger partial charge < -0.3 is 9.64 Å². The average molecular weight is 454 g/mol. The van der Waals surface area contributed by atoms with Crippen molar-refractivity contribution in [1.29, 1.82) is 0 Å². The van der Waals surface area contributed by atoms with E-state index < -0.39 is 26.6 Å². The Labute approximate surface area is 180 Å². The first-order chi connectivity index (χ1) is 14.8. The second-order valence-corrected chi connectivity index (χ2v) is 9.23. The molecular weight excluding hydrogens is 428 g/mol. The van der Waals surface area contributed by atoms with Crippen molar-refractivity contribution in [3.05, 3.63) is 59.9 Å². The van der Waals surface area contributed by atoms with Crippen molar-refractivity contribution in [2.45, 2.75) is 24.3 Å². The molecule has 0 saturated carbocycles. The number of nitrogens with zero attached hydrogens (tertiary/aromatic N) is 3. The molecular formula is C21H25F2N3O4S. The van der Waals surface area contributed by atoms with Gasteiger partial charge in [0.1, 0.15) is 16.5 Å². The zero-order valence-electron chi connectivity index (χ0n) is 17.2. The number of amides is 1. The fraction of sp³-hybridized carbons (Fsp3) is 0.429. The number of aromatic nitrogens is 1. The molecule has 0 bridgehead atoms. The predicted molar refractivity (Wildman–Crippen MR) is 109 cm³/mol. The fourth-order valence-electron chi connectivity index (χ4n) is 3.57. The van der Waals surface area contributed by atoms with Gasteiger partial charge in [-0.05, 0) is 43.2 Å². The molecule has 1 fully saturated rings. The smallest absolute Gasteiger partial charge is 0.246 e. The second-order valence-electron chi connectivity index (χ2n) is 7.33. The third kappa shape index (κ3) is 5.63. The molecule has 31 heavy (non-hydrogen) atoms. The van der Waals surface area contributed by atoms with Crippen molar-refractivity contribution in [1.82, 2.24) is 14.2 Å². The highest BCUT2D eigenvalue weighted by atomic mass is 32.2. The van der Waals surface area contributed by atoms with Crippen LogP contribution in [0, 0.1) is 17.6 Å². The summed E-state index contributed by atoms with van der Waals surface area (Å²) in [6.07, 6.45) is 2.24. The van der Waals surface area contributed by atoms with Crippen molar-refractivity contribution >= 4 is 15.9 Å². The minimum absolute atomic E-state index is 0.0520. The number of piperidine rings is 1. The second kappa shape index (κ2) is 10.3. The van der Waals surface area contributed by atoms with Gasteiger partial charge in [-0.2, -0.15) is 4.31 Å². The summed E-state index contributed by atoms with van der Waals surface area (Å²) >= 11 is 0. The molecule has 1 aromatic carbocycles. The van der Waals surface area contributed by atoms with Crippen molar-refractivity contribution in [3.63, 3.8) is 0 Å². The zero-order chi connectivity index (χ0) is 22.4. The molecule has 0 unspecified atom stereocenters. The van der Waals surface area contributed by atoms with E-state index in [1.54, 1.807) is 24.3 Å². The minimum atomic E-state index is -4.18. The number of carbonyl (C=O) groups is 1. The van der Waals surface area contributed by atoms with E-state index in [2.05, 4.69) is 4.98 Å². The first-order valence-electron chi connectivity index (χ1n) is 9.95. The van der Waals surface area contributed by atoms with Gasteiger partial charge >= 0.3 is 0 Å². The van der Waals surface area contributed by atoms with Gasteiger partial charge in [0.2, 0.25) is 15.9 Å². The summed E-state index contributed by atoms with van der Waals surface area (Å²) in [5, 5.41) is 0. The van der Waals surface area contributed by atoms with E-state index in [0.717, 1.165) is 22.1 Å². The number of sulfonamides is 1. The van der Waals surface area contributed by atoms with E-state index in [1.165, 1.54) is 0 Å². The number of halogens is 2. The van der Waals surface area contributed by atoms with Crippen molar-refractivity contribution in [2.24, 2.45) is 5.92 Å². The fourth-order valence-corrected chi connectivity index (χ4v) is 5.12. The van der Waals surface area contributed by atoms with Gasteiger partial charge in [0.25, 0.3) is 0 Å². The number of carbonyl (C=O) groups excluding carboxylic acids is 1. The number of hydrogen-bond acceptors (Lipinski definition) is 5. The van der Waals surface area contributed by atoms with Gasteiger partial charge in [0.05, 0.1) is 18.8 Å². The van der Waals surface area contributed by atoms with E-state index in [1.807, 2.05) is 12.1 Å². The van der Waals surface area contributed by atoms with Crippen LogP contribution in [0.15, 0.2) is 47.5 Å². The lowest BCUT2D eigenvalue weighted by atomic mass is 9.96. The summed E-state index contributed by atoms with van der Waals surface area (Å²) in [5.41, 5.74) is 0.744. The van der Waals surface area contributed by atoms with Crippen LogP contribution in [0.3, 0.4) is 0 Å². The van der Waals surface area contributed by atoms with Crippen LogP contribution in [0.4, 0.5) is 8.78 Å². The Morgan fingerprint density at radius 1 is 1.23 bits per heavy atom. The van der Waals surface area contributed by atoms with Crippen molar-refractivity contribution in [3.8, 4) is 0 Å². The monoisotopic (exact) mass is 453 g/mol. The Morgan fingerprint density at radius 3 is 2.61 bits per heavy atom. The van der Waals surface area contributed by atoms with Gasteiger partial charge in [0, 0.05) is 38.9 Å². The SMILES string of the molecule is COCCN(Cc1ccccn1)C(=O)C1CCN(S(=O)(=O)c2cc(F)ccc2F)CC1. The van der Waals surface area contributed by atoms with Gasteiger partial charge in [0.15, 0.2) is 0 Å². The van der Waals surface area contributed by atoms with E-state index in [-0.39, 0.29) is 24.9 Å². The van der Waals surface area contributed by atoms with Crippen molar-refractivity contribution < 1.29 is 26.7 Å². The summed E-state index contributed by atoms with van der Waals surface area (Å²) < 4.78 is 59.2. The Hall–Kier alpha value is -2.43. The maximum Gasteiger partial charge on any atom is 0.246 e. The highest BCUT2D eigenvalue weighted by Crippen LogP contribution is 2.27. The number of methoxy groups -OCH3 is 1. The number of rotatable bonds is 8. The summed E-state index contributed by atoms with van der Waals surface area (Å²) in [4.78, 5) is 18.3. The Kier molecular flexibility index (Phi) is 7.69. The van der Waals surface area contributed by atoms with Gasteiger partial charge in [-0.15, -0.1) is 0 Å². The third-order valence-electron chi connectivity index (χ3n) is 5.27. The molecule has 1 aliphatic heterocycles. The summed E-state index contributed by atoms with van der Waals surface area (Å²) in [6, 6.07) is 7.81. The molecule has 1 saturated heterocycles. The summed E-state index contributed by atoms with van der Waals surface area (Å²) in [5.74, 6) is -2.30. The van der Waals surface area contributed by atoms with Crippen LogP contribution in [-0.2, 0) is 26.1 Å². The largest absolute Gasteiger partial charge is 0.383 e. The number of benzene rings is 1. The van der Waals surface area contributed by atoms with Crippen molar-refractivity contribution in [2.75, 3.05) is 33.4 Å². The molecule has 0 atom stereocenters. The van der Waals surface area contributed by atoms with Gasteiger partial charge in [-0.3, -0.25) is 9.78 Å². The Bertz CT molecular complexity index is 997. The van der Waals surface area contributed by atoms with Crippen LogP contribution in [0.25, 0.3) is 0 Å². The molecule has 1 aliphatic rings. The van der Waals surface area contributed by atoms with Crippen LogP contribution in [0.1, 0.15) is 18.5 Å². The van der Waals surface area contributed by atoms with Crippen LogP contribution < -0.4 is 0 Å². The number of ether oxygens (including phenoxy) is 1. The molecule has 1 amide bonds. The standard InChI is InChI=1S/C21H25F2N3O4S/c1-30-13-12-25(15-18-4-2-3-9-24-18)21(27)16-7-10-26(11-8-16)31(28,29)20-14-17(22)5-6-19(20)23/h2-6,9,14,16H,7-8,10-13,15H2,1H3. The maximum absolute atomic E-state index is 14.0. The Morgan fingerprint density at radius 2 is 1.97 bits per heavy atom. The maximum atomic E-state index is 14.0. The molecule has 3 rings (SSSR count). The topological polar surface area (TPSA) is 79.8 Å². The first-order valence-corrected chi connectivity index (χ1v) is 11.4. The number of hydrogen-bond donors (Lipinski definition) is 0. The molecule has 2 heterocycles. The van der Waals surface area contributed by atoms with Crippen LogP contribution in [0.5, 0.6) is 0 Å². The van der Waals surface area contributed by atoms with E-state index in [9.17, 15) is 22.0 Å². The van der Waals surface area contributed by atoms with Crippen LogP contribution in [-0.4, -0.2) is 61.9 Å². The third-order valence-corrected chi connectivity index (χ3v) is 7.18. The van der Waals surface area contributed by atoms with Crippen LogP contribution >= 0.6 is 0 Å². The predicted octanol–water partition coefficient (Wildman–Crippen LogP) is 2.44. The molecule has 7 nitrogen and oxygen atoms in total. The lowest BCUT2D eigenvalue weighted by molar-refractivity contribution is -0.138. The van der Waals surface area contributed by atoms with E-state index in [4.69, 9.17) is 4.74 Å². The van der Waals surface area contributed by atoms with Gasteiger partial charge in [-0.1, -0.05) is 6.07 Å². The number of pyridine rings is 1. The lowest BCUT2D eigenvalue weighted by Gasteiger charge is -2.33.